The molecule has 33 heavy (non-hydrogen) atoms. The molecule has 6 rings (SSSR count). The van der Waals surface area contributed by atoms with Gasteiger partial charge >= 0.3 is 5.63 Å². The smallest absolute Gasteiger partial charge is 0.336 e. The third-order valence-corrected chi connectivity index (χ3v) is 6.35. The van der Waals surface area contributed by atoms with Gasteiger partial charge in [0.1, 0.15) is 28.3 Å². The second kappa shape index (κ2) is 7.07. The number of ether oxygens (including phenoxy) is 1. The fraction of sp³-hybridized carbons (Fsp3) is 0.179. The lowest BCUT2D eigenvalue weighted by Gasteiger charge is -2.33. The first-order valence-corrected chi connectivity index (χ1v) is 11.0. The molecular formula is C28H21FO4. The number of furan rings is 1. The Labute approximate surface area is 189 Å². The molecular weight excluding hydrogens is 419 g/mol. The minimum Gasteiger partial charge on any atom is -0.487 e. The van der Waals surface area contributed by atoms with Crippen LogP contribution in [0.2, 0.25) is 0 Å². The monoisotopic (exact) mass is 440 g/mol. The van der Waals surface area contributed by atoms with E-state index < -0.39 is 5.63 Å². The maximum absolute atomic E-state index is 13.6. The molecule has 0 fully saturated rings. The highest BCUT2D eigenvalue weighted by Gasteiger charge is 2.34. The fourth-order valence-electron chi connectivity index (χ4n) is 4.73. The van der Waals surface area contributed by atoms with Crippen molar-refractivity contribution in [2.24, 2.45) is 0 Å². The summed E-state index contributed by atoms with van der Waals surface area (Å²) in [6, 6.07) is 17.6. The molecule has 164 valence electrons. The van der Waals surface area contributed by atoms with E-state index in [4.69, 9.17) is 13.6 Å². The van der Waals surface area contributed by atoms with Gasteiger partial charge in [0, 0.05) is 22.8 Å². The molecule has 0 saturated heterocycles. The van der Waals surface area contributed by atoms with E-state index in [1.807, 2.05) is 44.2 Å². The Bertz CT molecular complexity index is 1570. The van der Waals surface area contributed by atoms with E-state index >= 15 is 0 Å². The molecule has 4 nitrogen and oxygen atoms in total. The van der Waals surface area contributed by atoms with Crippen LogP contribution < -0.4 is 10.4 Å². The first kappa shape index (κ1) is 19.8. The lowest BCUT2D eigenvalue weighted by Crippen LogP contribution is -2.32. The van der Waals surface area contributed by atoms with E-state index in [2.05, 4.69) is 0 Å². The lowest BCUT2D eigenvalue weighted by molar-refractivity contribution is 0.0870. The second-order valence-corrected chi connectivity index (χ2v) is 9.08. The Balaban J connectivity index is 1.79. The molecule has 1 aliphatic heterocycles. The third kappa shape index (κ3) is 3.15. The molecule has 3 aromatic carbocycles. The predicted octanol–water partition coefficient (Wildman–Crippen LogP) is 7.12. The molecule has 0 N–H and O–H groups in total. The van der Waals surface area contributed by atoms with Gasteiger partial charge < -0.3 is 13.6 Å². The largest absolute Gasteiger partial charge is 0.487 e. The highest BCUT2D eigenvalue weighted by atomic mass is 19.1. The van der Waals surface area contributed by atoms with Gasteiger partial charge in [-0.15, -0.1) is 0 Å². The summed E-state index contributed by atoms with van der Waals surface area (Å²) in [6.07, 6.45) is 3.15. The Kier molecular flexibility index (Phi) is 4.24. The second-order valence-electron chi connectivity index (χ2n) is 9.08. The van der Waals surface area contributed by atoms with Crippen LogP contribution in [-0.4, -0.2) is 5.60 Å². The van der Waals surface area contributed by atoms with Crippen molar-refractivity contribution in [2.45, 2.75) is 32.3 Å². The SMILES string of the molecule is CC1(C)CCc2c(c3c(-c4ccc(F)cc4)coc3c3c(-c4ccccc4)cc(=O)oc23)O1. The van der Waals surface area contributed by atoms with Crippen molar-refractivity contribution < 1.29 is 18.0 Å². The van der Waals surface area contributed by atoms with Crippen LogP contribution >= 0.6 is 0 Å². The first-order chi connectivity index (χ1) is 15.9. The Hall–Kier alpha value is -3.86. The van der Waals surface area contributed by atoms with E-state index in [0.717, 1.165) is 45.0 Å². The highest BCUT2D eigenvalue weighted by Crippen LogP contribution is 2.49. The average Bonchev–Trinajstić information content (AvgIpc) is 3.24. The first-order valence-electron chi connectivity index (χ1n) is 11.0. The summed E-state index contributed by atoms with van der Waals surface area (Å²) in [5.74, 6) is 0.361. The number of halogens is 1. The Morgan fingerprint density at radius 3 is 2.36 bits per heavy atom. The van der Waals surface area contributed by atoms with Gasteiger partial charge in [-0.3, -0.25) is 0 Å². The summed E-state index contributed by atoms with van der Waals surface area (Å²) in [5, 5.41) is 1.55. The van der Waals surface area contributed by atoms with Gasteiger partial charge in [-0.05, 0) is 49.9 Å². The van der Waals surface area contributed by atoms with Crippen molar-refractivity contribution in [3.63, 3.8) is 0 Å². The van der Waals surface area contributed by atoms with Crippen LogP contribution in [-0.2, 0) is 6.42 Å². The zero-order valence-corrected chi connectivity index (χ0v) is 18.3. The molecule has 0 saturated carbocycles. The predicted molar refractivity (Wildman–Crippen MR) is 126 cm³/mol. The maximum Gasteiger partial charge on any atom is 0.336 e. The minimum atomic E-state index is -0.418. The molecule has 2 aromatic heterocycles. The molecule has 5 aromatic rings. The molecule has 5 heteroatoms. The van der Waals surface area contributed by atoms with Gasteiger partial charge in [0.25, 0.3) is 0 Å². The Morgan fingerprint density at radius 2 is 1.61 bits per heavy atom. The van der Waals surface area contributed by atoms with Crippen LogP contribution in [0.5, 0.6) is 5.75 Å². The molecule has 0 unspecified atom stereocenters. The van der Waals surface area contributed by atoms with Crippen LogP contribution in [0.25, 0.3) is 44.2 Å². The van der Waals surface area contributed by atoms with Crippen molar-refractivity contribution in [2.75, 3.05) is 0 Å². The normalized spacial score (nSPS) is 14.9. The summed E-state index contributed by atoms with van der Waals surface area (Å²) in [4.78, 5) is 12.6. The number of hydrogen-bond acceptors (Lipinski definition) is 4. The summed E-state index contributed by atoms with van der Waals surface area (Å²) in [6.45, 7) is 4.08. The molecule has 0 radical (unpaired) electrons. The number of rotatable bonds is 2. The Morgan fingerprint density at radius 1 is 0.879 bits per heavy atom. The van der Waals surface area contributed by atoms with Gasteiger partial charge in [-0.25, -0.2) is 9.18 Å². The standard InChI is InChI=1S/C28H21FO4/c1-28(2)13-12-19-25-23(20(14-22(30)32-25)16-6-4-3-5-7-16)27-24(26(19)33-28)21(15-31-27)17-8-10-18(29)11-9-17/h3-11,14-15H,12-13H2,1-2H3. The van der Waals surface area contributed by atoms with Gasteiger partial charge in [0.05, 0.1) is 17.0 Å². The van der Waals surface area contributed by atoms with Gasteiger partial charge in [-0.1, -0.05) is 42.5 Å². The molecule has 0 atom stereocenters. The summed E-state index contributed by atoms with van der Waals surface area (Å²) >= 11 is 0. The number of hydrogen-bond donors (Lipinski definition) is 0. The van der Waals surface area contributed by atoms with E-state index in [1.54, 1.807) is 18.4 Å². The van der Waals surface area contributed by atoms with Gasteiger partial charge in [0.15, 0.2) is 0 Å². The van der Waals surface area contributed by atoms with E-state index in [9.17, 15) is 9.18 Å². The van der Waals surface area contributed by atoms with Crippen LogP contribution in [0.1, 0.15) is 25.8 Å². The molecule has 0 spiro atoms. The topological polar surface area (TPSA) is 52.6 Å². The molecule has 0 bridgehead atoms. The molecule has 1 aliphatic rings. The van der Waals surface area contributed by atoms with E-state index in [1.165, 1.54) is 18.2 Å². The lowest BCUT2D eigenvalue weighted by atomic mass is 9.88. The summed E-state index contributed by atoms with van der Waals surface area (Å²) < 4.78 is 32.0. The van der Waals surface area contributed by atoms with Gasteiger partial charge in [0.2, 0.25) is 0 Å². The zero-order valence-electron chi connectivity index (χ0n) is 18.3. The van der Waals surface area contributed by atoms with Crippen LogP contribution in [0.15, 0.2) is 80.6 Å². The van der Waals surface area contributed by atoms with Crippen molar-refractivity contribution in [1.29, 1.82) is 0 Å². The highest BCUT2D eigenvalue weighted by molar-refractivity contribution is 6.17. The van der Waals surface area contributed by atoms with Crippen LogP contribution in [0, 0.1) is 5.82 Å². The number of fused-ring (bicyclic) bond motifs is 6. The third-order valence-electron chi connectivity index (χ3n) is 6.35. The number of aryl methyl sites for hydroxylation is 1. The van der Waals surface area contributed by atoms with E-state index in [-0.39, 0.29) is 11.4 Å². The van der Waals surface area contributed by atoms with E-state index in [0.29, 0.717) is 23.3 Å². The van der Waals surface area contributed by atoms with Crippen LogP contribution in [0.4, 0.5) is 4.39 Å². The fourth-order valence-corrected chi connectivity index (χ4v) is 4.73. The van der Waals surface area contributed by atoms with Crippen molar-refractivity contribution in [1.82, 2.24) is 0 Å². The maximum atomic E-state index is 13.6. The molecule has 3 heterocycles. The van der Waals surface area contributed by atoms with Crippen LogP contribution in [0.3, 0.4) is 0 Å². The van der Waals surface area contributed by atoms with Crippen molar-refractivity contribution in [3.8, 4) is 28.0 Å². The number of benzene rings is 3. The quantitative estimate of drug-likeness (QED) is 0.274. The van der Waals surface area contributed by atoms with Crippen molar-refractivity contribution in [3.05, 3.63) is 88.7 Å². The summed E-state index contributed by atoms with van der Waals surface area (Å²) in [5.41, 5.74) is 4.42. The molecule has 0 amide bonds. The minimum absolute atomic E-state index is 0.301. The molecule has 0 aliphatic carbocycles. The zero-order chi connectivity index (χ0) is 22.7. The van der Waals surface area contributed by atoms with Gasteiger partial charge in [-0.2, -0.15) is 0 Å². The van der Waals surface area contributed by atoms with Crippen molar-refractivity contribution >= 4 is 21.9 Å². The summed E-state index contributed by atoms with van der Waals surface area (Å²) in [7, 11) is 0. The average molecular weight is 440 g/mol.